The van der Waals surface area contributed by atoms with E-state index in [-0.39, 0.29) is 12.1 Å². The van der Waals surface area contributed by atoms with Crippen molar-refractivity contribution >= 4 is 19.9 Å². The second-order valence-electron chi connectivity index (χ2n) is 5.18. The Morgan fingerprint density at radius 3 is 2.67 bits per heavy atom. The van der Waals surface area contributed by atoms with E-state index in [1.165, 1.54) is 4.90 Å². The molecule has 1 rings (SSSR count). The Hall–Kier alpha value is -0.910. The molecule has 7 nitrogen and oxygen atoms in total. The number of amides is 1. The van der Waals surface area contributed by atoms with E-state index in [1.54, 1.807) is 0 Å². The summed E-state index contributed by atoms with van der Waals surface area (Å²) >= 11 is 0. The van der Waals surface area contributed by atoms with Crippen molar-refractivity contribution in [2.45, 2.75) is 44.6 Å². The molecule has 8 heteroatoms. The first-order chi connectivity index (χ1) is 10.1. The van der Waals surface area contributed by atoms with Gasteiger partial charge in [0, 0.05) is 6.54 Å². The van der Waals surface area contributed by atoms with E-state index in [1.807, 2.05) is 0 Å². The van der Waals surface area contributed by atoms with E-state index in [9.17, 15) is 14.2 Å². The van der Waals surface area contributed by atoms with Crippen LogP contribution in [0.5, 0.6) is 0 Å². The number of hydrogen-bond donors (Lipinski definition) is 2. The molecule has 1 heterocycles. The fourth-order valence-corrected chi connectivity index (χ4v) is 3.31. The van der Waals surface area contributed by atoms with Crippen LogP contribution >= 0.6 is 8.03 Å². The summed E-state index contributed by atoms with van der Waals surface area (Å²) in [5, 5.41) is 9.01. The second kappa shape index (κ2) is 9.92. The van der Waals surface area contributed by atoms with E-state index in [0.717, 1.165) is 25.7 Å². The Morgan fingerprint density at radius 2 is 2.00 bits per heavy atom. The van der Waals surface area contributed by atoms with Gasteiger partial charge >= 0.3 is 5.97 Å². The average Bonchev–Trinajstić information content (AvgIpc) is 2.92. The van der Waals surface area contributed by atoms with Gasteiger partial charge in [-0.1, -0.05) is 12.8 Å². The maximum absolute atomic E-state index is 11.9. The third-order valence-electron chi connectivity index (χ3n) is 3.52. The summed E-state index contributed by atoms with van der Waals surface area (Å²) in [6, 6.07) is -0.774. The Labute approximate surface area is 125 Å². The van der Waals surface area contributed by atoms with Gasteiger partial charge in [-0.05, 0) is 32.2 Å². The molecule has 1 aliphatic heterocycles. The van der Waals surface area contributed by atoms with E-state index in [0.29, 0.717) is 32.5 Å². The summed E-state index contributed by atoms with van der Waals surface area (Å²) in [5.41, 5.74) is 5.38. The number of nitrogens with zero attached hydrogens (tertiary/aromatic N) is 1. The van der Waals surface area contributed by atoms with Gasteiger partial charge in [0.25, 0.3) is 0 Å². The normalized spacial score (nSPS) is 19.7. The largest absolute Gasteiger partial charge is 0.480 e. The third kappa shape index (κ3) is 6.59. The van der Waals surface area contributed by atoms with E-state index in [4.69, 9.17) is 15.4 Å². The number of unbranched alkanes of at least 4 members (excludes halogenated alkanes) is 3. The molecule has 1 unspecified atom stereocenters. The van der Waals surface area contributed by atoms with Gasteiger partial charge in [-0.2, -0.15) is 0 Å². The van der Waals surface area contributed by atoms with Crippen molar-refractivity contribution in [3.63, 3.8) is 0 Å². The third-order valence-corrected chi connectivity index (χ3v) is 4.63. The number of likely N-dealkylation sites (tertiary alicyclic amines) is 1. The van der Waals surface area contributed by atoms with Gasteiger partial charge in [-0.3, -0.25) is 9.36 Å². The molecule has 3 N–H and O–H groups in total. The molecule has 1 aliphatic rings. The first kappa shape index (κ1) is 18.1. The number of carbonyl (C=O) groups excluding carboxylic acids is 1. The van der Waals surface area contributed by atoms with Crippen LogP contribution in [0.1, 0.15) is 38.5 Å². The Bertz CT molecular complexity index is 378. The average molecular weight is 320 g/mol. The van der Waals surface area contributed by atoms with Crippen molar-refractivity contribution in [2.24, 2.45) is 5.73 Å². The van der Waals surface area contributed by atoms with E-state index in [2.05, 4.69) is 0 Å². The molecule has 0 radical (unpaired) electrons. The zero-order valence-electron chi connectivity index (χ0n) is 12.3. The van der Waals surface area contributed by atoms with Crippen LogP contribution in [-0.4, -0.2) is 53.8 Å². The number of hydrogen-bond acceptors (Lipinski definition) is 5. The van der Waals surface area contributed by atoms with Gasteiger partial charge in [-0.25, -0.2) is 4.79 Å². The molecule has 0 aromatic carbocycles. The number of aliphatic carboxylic acids is 1. The minimum absolute atomic E-state index is 0.197. The molecular weight excluding hydrogens is 295 g/mol. The zero-order valence-corrected chi connectivity index (χ0v) is 13.3. The van der Waals surface area contributed by atoms with Crippen LogP contribution < -0.4 is 5.73 Å². The van der Waals surface area contributed by atoms with E-state index >= 15 is 0 Å². The molecule has 0 saturated carbocycles. The molecule has 0 spiro atoms. The van der Waals surface area contributed by atoms with Gasteiger partial charge in [0.2, 0.25) is 13.9 Å². The predicted octanol–water partition coefficient (Wildman–Crippen LogP) is 1.07. The number of rotatable bonds is 10. The second-order valence-corrected chi connectivity index (χ2v) is 6.57. The molecule has 21 heavy (non-hydrogen) atoms. The van der Waals surface area contributed by atoms with E-state index < -0.39 is 20.0 Å². The fourth-order valence-electron chi connectivity index (χ4n) is 2.38. The molecular formula is C13H25N2O5P. The van der Waals surface area contributed by atoms with Crippen molar-refractivity contribution in [1.82, 2.24) is 4.90 Å². The van der Waals surface area contributed by atoms with Crippen LogP contribution in [-0.2, 0) is 18.7 Å². The summed E-state index contributed by atoms with van der Waals surface area (Å²) in [4.78, 5) is 24.2. The molecule has 1 fully saturated rings. The van der Waals surface area contributed by atoms with Crippen molar-refractivity contribution in [1.29, 1.82) is 0 Å². The Balaban J connectivity index is 2.21. The lowest BCUT2D eigenvalue weighted by atomic mass is 10.2. The molecule has 1 saturated heterocycles. The zero-order chi connectivity index (χ0) is 15.7. The van der Waals surface area contributed by atoms with Gasteiger partial charge in [0.15, 0.2) is 0 Å². The monoisotopic (exact) mass is 320 g/mol. The summed E-state index contributed by atoms with van der Waals surface area (Å²) in [5.74, 6) is -1.38. The number of carboxylic acid groups (broad SMARTS) is 1. The summed E-state index contributed by atoms with van der Waals surface area (Å²) in [7, 11) is -2.43. The Kier molecular flexibility index (Phi) is 8.57. The standard InChI is InChI=1S/C13H25N2O5P/c14-7-3-1-2-4-9-20-21(19)10-12(16)15-8-5-6-11(15)13(17)18/h11,21H,1-10,14H2,(H,17,18)/t11-/m0/s1. The highest BCUT2D eigenvalue weighted by atomic mass is 31.1. The summed E-state index contributed by atoms with van der Waals surface area (Å²) in [6.45, 7) is 1.47. The highest BCUT2D eigenvalue weighted by Crippen LogP contribution is 2.26. The van der Waals surface area contributed by atoms with Crippen LogP contribution in [0.2, 0.25) is 0 Å². The topological polar surface area (TPSA) is 110 Å². The lowest BCUT2D eigenvalue weighted by Gasteiger charge is -2.21. The van der Waals surface area contributed by atoms with Crippen LogP contribution in [0.25, 0.3) is 0 Å². The molecule has 0 bridgehead atoms. The molecule has 0 aromatic rings. The predicted molar refractivity (Wildman–Crippen MR) is 79.7 cm³/mol. The molecule has 0 aliphatic carbocycles. The minimum atomic E-state index is -2.43. The lowest BCUT2D eigenvalue weighted by Crippen LogP contribution is -2.41. The first-order valence-electron chi connectivity index (χ1n) is 7.44. The van der Waals surface area contributed by atoms with Crippen LogP contribution in [0, 0.1) is 0 Å². The highest BCUT2D eigenvalue weighted by Gasteiger charge is 2.34. The van der Waals surface area contributed by atoms with Crippen molar-refractivity contribution in [3.05, 3.63) is 0 Å². The first-order valence-corrected chi connectivity index (χ1v) is 8.96. The number of nitrogens with two attached hydrogens (primary N) is 1. The van der Waals surface area contributed by atoms with Gasteiger partial charge in [0.05, 0.1) is 6.61 Å². The van der Waals surface area contributed by atoms with Crippen LogP contribution in [0.3, 0.4) is 0 Å². The van der Waals surface area contributed by atoms with Gasteiger partial charge in [-0.15, -0.1) is 0 Å². The van der Waals surface area contributed by atoms with Crippen LogP contribution in [0.4, 0.5) is 0 Å². The van der Waals surface area contributed by atoms with Crippen LogP contribution in [0.15, 0.2) is 0 Å². The number of carboxylic acids is 1. The highest BCUT2D eigenvalue weighted by molar-refractivity contribution is 7.40. The quantitative estimate of drug-likeness (QED) is 0.460. The minimum Gasteiger partial charge on any atom is -0.480 e. The molecule has 122 valence electrons. The maximum atomic E-state index is 11.9. The van der Waals surface area contributed by atoms with Gasteiger partial charge < -0.3 is 20.3 Å². The molecule has 2 atom stereocenters. The number of carbonyl (C=O) groups is 2. The fraction of sp³-hybridized carbons (Fsp3) is 0.846. The maximum Gasteiger partial charge on any atom is 0.326 e. The molecule has 1 amide bonds. The SMILES string of the molecule is NCCCCCCO[PH](=O)CC(=O)N1CCC[C@H]1C(=O)O. The van der Waals surface area contributed by atoms with Crippen molar-refractivity contribution in [2.75, 3.05) is 25.9 Å². The lowest BCUT2D eigenvalue weighted by molar-refractivity contribution is -0.147. The summed E-state index contributed by atoms with van der Waals surface area (Å²) < 4.78 is 16.9. The van der Waals surface area contributed by atoms with Gasteiger partial charge in [0.1, 0.15) is 12.2 Å². The summed E-state index contributed by atoms with van der Waals surface area (Å²) in [6.07, 6.45) is 4.69. The smallest absolute Gasteiger partial charge is 0.326 e. The Morgan fingerprint density at radius 1 is 1.29 bits per heavy atom. The van der Waals surface area contributed by atoms with Crippen molar-refractivity contribution < 1.29 is 23.8 Å². The molecule has 0 aromatic heterocycles. The van der Waals surface area contributed by atoms with Crippen molar-refractivity contribution in [3.8, 4) is 0 Å².